The molecule has 1 atom stereocenters. The molecule has 0 aliphatic carbocycles. The van der Waals surface area contributed by atoms with Crippen molar-refractivity contribution in [2.24, 2.45) is 0 Å². The van der Waals surface area contributed by atoms with Crippen LogP contribution in [0.2, 0.25) is 10.0 Å². The standard InChI is InChI=1S/C24H27Cl2N3O3/c25-20-8-6-16(13-21(20)26)23(30)28-17-7-9-22(29-10-2-1-3-11-29)19(14-17)24(31)27-15-18-5-4-12-32-18/h6-9,13-14,18H,1-5,10-12,15H2,(H,27,31)(H,28,30). The summed E-state index contributed by atoms with van der Waals surface area (Å²) in [4.78, 5) is 28.1. The number of anilines is 2. The van der Waals surface area contributed by atoms with Crippen molar-refractivity contribution in [3.63, 3.8) is 0 Å². The maximum absolute atomic E-state index is 13.1. The average molecular weight is 476 g/mol. The molecule has 2 aliphatic rings. The van der Waals surface area contributed by atoms with Crippen LogP contribution in [0.15, 0.2) is 36.4 Å². The predicted molar refractivity (Wildman–Crippen MR) is 128 cm³/mol. The van der Waals surface area contributed by atoms with Crippen LogP contribution in [0.1, 0.15) is 52.8 Å². The lowest BCUT2D eigenvalue weighted by atomic mass is 10.1. The molecule has 0 spiro atoms. The van der Waals surface area contributed by atoms with Crippen LogP contribution in [0.4, 0.5) is 11.4 Å². The first-order valence-corrected chi connectivity index (χ1v) is 11.8. The van der Waals surface area contributed by atoms with Gasteiger partial charge in [-0.25, -0.2) is 0 Å². The van der Waals surface area contributed by atoms with Crippen molar-refractivity contribution >= 4 is 46.4 Å². The lowest BCUT2D eigenvalue weighted by Crippen LogP contribution is -2.35. The first-order valence-electron chi connectivity index (χ1n) is 11.1. The lowest BCUT2D eigenvalue weighted by Gasteiger charge is -2.30. The van der Waals surface area contributed by atoms with Gasteiger partial charge in [-0.05, 0) is 68.5 Å². The summed E-state index contributed by atoms with van der Waals surface area (Å²) >= 11 is 12.0. The molecule has 0 saturated carbocycles. The van der Waals surface area contributed by atoms with Crippen molar-refractivity contribution in [2.45, 2.75) is 38.2 Å². The van der Waals surface area contributed by atoms with Crippen LogP contribution in [0.3, 0.4) is 0 Å². The van der Waals surface area contributed by atoms with Gasteiger partial charge in [0.1, 0.15) is 0 Å². The highest BCUT2D eigenvalue weighted by Gasteiger charge is 2.22. The van der Waals surface area contributed by atoms with E-state index in [-0.39, 0.29) is 17.9 Å². The summed E-state index contributed by atoms with van der Waals surface area (Å²) in [6, 6.07) is 10.2. The van der Waals surface area contributed by atoms with Crippen LogP contribution in [0.25, 0.3) is 0 Å². The summed E-state index contributed by atoms with van der Waals surface area (Å²) < 4.78 is 5.63. The van der Waals surface area contributed by atoms with E-state index in [2.05, 4.69) is 15.5 Å². The molecule has 2 heterocycles. The number of nitrogens with zero attached hydrogens (tertiary/aromatic N) is 1. The Balaban J connectivity index is 1.54. The van der Waals surface area contributed by atoms with Crippen molar-refractivity contribution in [1.29, 1.82) is 0 Å². The van der Waals surface area contributed by atoms with Crippen molar-refractivity contribution in [1.82, 2.24) is 5.32 Å². The zero-order chi connectivity index (χ0) is 22.5. The number of halogens is 2. The molecule has 32 heavy (non-hydrogen) atoms. The Kier molecular flexibility index (Phi) is 7.55. The number of ether oxygens (including phenoxy) is 1. The van der Waals surface area contributed by atoms with E-state index in [1.807, 2.05) is 12.1 Å². The number of carbonyl (C=O) groups is 2. The highest BCUT2D eigenvalue weighted by Crippen LogP contribution is 2.28. The average Bonchev–Trinajstić information content (AvgIpc) is 3.33. The van der Waals surface area contributed by atoms with Gasteiger partial charge >= 0.3 is 0 Å². The van der Waals surface area contributed by atoms with Gasteiger partial charge in [-0.1, -0.05) is 23.2 Å². The van der Waals surface area contributed by atoms with Crippen LogP contribution < -0.4 is 15.5 Å². The number of hydrogen-bond acceptors (Lipinski definition) is 4. The molecule has 0 bridgehead atoms. The second kappa shape index (κ2) is 10.6. The fourth-order valence-corrected chi connectivity index (χ4v) is 4.45. The monoisotopic (exact) mass is 475 g/mol. The quantitative estimate of drug-likeness (QED) is 0.606. The summed E-state index contributed by atoms with van der Waals surface area (Å²) in [7, 11) is 0. The lowest BCUT2D eigenvalue weighted by molar-refractivity contribution is 0.0858. The molecule has 4 rings (SSSR count). The van der Waals surface area contributed by atoms with E-state index in [9.17, 15) is 9.59 Å². The highest BCUT2D eigenvalue weighted by molar-refractivity contribution is 6.42. The number of piperidine rings is 1. The zero-order valence-corrected chi connectivity index (χ0v) is 19.3. The van der Waals surface area contributed by atoms with Crippen LogP contribution in [0.5, 0.6) is 0 Å². The summed E-state index contributed by atoms with van der Waals surface area (Å²) in [5.41, 5.74) is 2.38. The van der Waals surface area contributed by atoms with E-state index in [0.717, 1.165) is 51.1 Å². The molecular weight excluding hydrogens is 449 g/mol. The van der Waals surface area contributed by atoms with E-state index in [1.165, 1.54) is 12.5 Å². The maximum atomic E-state index is 13.1. The second-order valence-corrected chi connectivity index (χ2v) is 9.02. The summed E-state index contributed by atoms with van der Waals surface area (Å²) in [5, 5.41) is 6.58. The minimum absolute atomic E-state index is 0.0647. The van der Waals surface area contributed by atoms with Gasteiger partial charge in [0.25, 0.3) is 11.8 Å². The van der Waals surface area contributed by atoms with Crippen molar-refractivity contribution < 1.29 is 14.3 Å². The molecule has 2 N–H and O–H groups in total. The smallest absolute Gasteiger partial charge is 0.255 e. The third-order valence-electron chi connectivity index (χ3n) is 5.89. The molecule has 0 radical (unpaired) electrons. The minimum atomic E-state index is -0.319. The number of amides is 2. The van der Waals surface area contributed by atoms with Crippen LogP contribution in [0, 0.1) is 0 Å². The third kappa shape index (κ3) is 5.55. The highest BCUT2D eigenvalue weighted by atomic mass is 35.5. The number of hydrogen-bond donors (Lipinski definition) is 2. The van der Waals surface area contributed by atoms with Gasteiger partial charge in [0.2, 0.25) is 0 Å². The van der Waals surface area contributed by atoms with Crippen molar-refractivity contribution in [3.05, 3.63) is 57.6 Å². The van der Waals surface area contributed by atoms with Crippen molar-refractivity contribution in [2.75, 3.05) is 36.5 Å². The Morgan fingerprint density at radius 2 is 1.78 bits per heavy atom. The molecule has 170 valence electrons. The predicted octanol–water partition coefficient (Wildman–Crippen LogP) is 5.14. The van der Waals surface area contributed by atoms with E-state index >= 15 is 0 Å². The van der Waals surface area contributed by atoms with Crippen LogP contribution >= 0.6 is 23.2 Å². The van der Waals surface area contributed by atoms with Gasteiger partial charge in [-0.15, -0.1) is 0 Å². The first kappa shape index (κ1) is 22.9. The minimum Gasteiger partial charge on any atom is -0.376 e. The van der Waals surface area contributed by atoms with Gasteiger partial charge in [0.15, 0.2) is 0 Å². The zero-order valence-electron chi connectivity index (χ0n) is 17.8. The van der Waals surface area contributed by atoms with Gasteiger partial charge in [0.05, 0.1) is 21.7 Å². The molecule has 2 fully saturated rings. The summed E-state index contributed by atoms with van der Waals surface area (Å²) in [5.74, 6) is -0.480. The molecule has 2 amide bonds. The molecule has 6 nitrogen and oxygen atoms in total. The Hall–Kier alpha value is -2.28. The first-order chi connectivity index (χ1) is 15.5. The Bertz CT molecular complexity index is 986. The fourth-order valence-electron chi connectivity index (χ4n) is 4.15. The van der Waals surface area contributed by atoms with E-state index < -0.39 is 0 Å². The number of nitrogens with one attached hydrogen (secondary N) is 2. The Morgan fingerprint density at radius 3 is 2.50 bits per heavy atom. The van der Waals surface area contributed by atoms with Crippen LogP contribution in [-0.4, -0.2) is 44.2 Å². The number of carbonyl (C=O) groups excluding carboxylic acids is 2. The SMILES string of the molecule is O=C(Nc1ccc(N2CCCCC2)c(C(=O)NCC2CCCO2)c1)c1ccc(Cl)c(Cl)c1. The topological polar surface area (TPSA) is 70.7 Å². The maximum Gasteiger partial charge on any atom is 0.255 e. The van der Waals surface area contributed by atoms with E-state index in [0.29, 0.717) is 33.4 Å². The Morgan fingerprint density at radius 1 is 0.969 bits per heavy atom. The Labute approximate surface area is 198 Å². The van der Waals surface area contributed by atoms with Gasteiger partial charge < -0.3 is 20.3 Å². The van der Waals surface area contributed by atoms with Gasteiger partial charge in [0, 0.05) is 43.2 Å². The molecule has 1 unspecified atom stereocenters. The normalized spacial score (nSPS) is 18.4. The molecule has 2 aromatic rings. The second-order valence-electron chi connectivity index (χ2n) is 8.21. The molecule has 2 aromatic carbocycles. The molecule has 2 aliphatic heterocycles. The third-order valence-corrected chi connectivity index (χ3v) is 6.63. The number of benzene rings is 2. The summed E-state index contributed by atoms with van der Waals surface area (Å²) in [6.45, 7) is 3.07. The molecule has 0 aromatic heterocycles. The fraction of sp³-hybridized carbons (Fsp3) is 0.417. The van der Waals surface area contributed by atoms with E-state index in [4.69, 9.17) is 27.9 Å². The molecule has 8 heteroatoms. The largest absolute Gasteiger partial charge is 0.376 e. The summed E-state index contributed by atoms with van der Waals surface area (Å²) in [6.07, 6.45) is 5.46. The van der Waals surface area contributed by atoms with Gasteiger partial charge in [-0.2, -0.15) is 0 Å². The number of rotatable bonds is 6. The molecule has 2 saturated heterocycles. The molecular formula is C24H27Cl2N3O3. The van der Waals surface area contributed by atoms with Gasteiger partial charge in [-0.3, -0.25) is 9.59 Å². The van der Waals surface area contributed by atoms with Crippen LogP contribution in [-0.2, 0) is 4.74 Å². The van der Waals surface area contributed by atoms with E-state index in [1.54, 1.807) is 18.2 Å². The van der Waals surface area contributed by atoms with Crippen molar-refractivity contribution in [3.8, 4) is 0 Å².